The molecule has 0 amide bonds. The molecule has 0 aliphatic rings. The second kappa shape index (κ2) is 5.15. The standard InChI is InChI=1S/C11H18N2S/c1-9-4-5-10(12)11(8-9)13(2)6-7-14-3/h4-5,8H,6-7,12H2,1-3H3. The number of nitrogens with two attached hydrogens (primary N) is 1. The van der Waals surface area contributed by atoms with Gasteiger partial charge in [-0.3, -0.25) is 0 Å². The smallest absolute Gasteiger partial charge is 0.0600 e. The molecule has 1 rings (SSSR count). The third-order valence-electron chi connectivity index (χ3n) is 2.23. The third-order valence-corrected chi connectivity index (χ3v) is 2.82. The van der Waals surface area contributed by atoms with E-state index in [1.54, 1.807) is 0 Å². The van der Waals surface area contributed by atoms with Crippen molar-refractivity contribution in [1.82, 2.24) is 0 Å². The average molecular weight is 210 g/mol. The Balaban J connectivity index is 2.77. The number of thioether (sulfide) groups is 1. The highest BCUT2D eigenvalue weighted by molar-refractivity contribution is 7.98. The molecule has 2 N–H and O–H groups in total. The predicted octanol–water partition coefficient (Wildman–Crippen LogP) is 2.38. The van der Waals surface area contributed by atoms with E-state index in [1.165, 1.54) is 5.56 Å². The molecule has 3 heteroatoms. The quantitative estimate of drug-likeness (QED) is 0.774. The van der Waals surface area contributed by atoms with Crippen LogP contribution in [0.4, 0.5) is 11.4 Å². The van der Waals surface area contributed by atoms with Crippen LogP contribution in [0.3, 0.4) is 0 Å². The maximum absolute atomic E-state index is 5.91. The van der Waals surface area contributed by atoms with Crippen molar-refractivity contribution in [2.45, 2.75) is 6.92 Å². The molecule has 0 bridgehead atoms. The largest absolute Gasteiger partial charge is 0.397 e. The van der Waals surface area contributed by atoms with Crippen LogP contribution in [0.15, 0.2) is 18.2 Å². The van der Waals surface area contributed by atoms with E-state index in [1.807, 2.05) is 23.9 Å². The fourth-order valence-electron chi connectivity index (χ4n) is 1.33. The molecule has 0 heterocycles. The highest BCUT2D eigenvalue weighted by Gasteiger charge is 2.04. The summed E-state index contributed by atoms with van der Waals surface area (Å²) in [5, 5.41) is 0. The summed E-state index contributed by atoms with van der Waals surface area (Å²) < 4.78 is 0. The van der Waals surface area contributed by atoms with Crippen molar-refractivity contribution in [3.8, 4) is 0 Å². The van der Waals surface area contributed by atoms with Crippen LogP contribution in [0.1, 0.15) is 5.56 Å². The molecule has 0 unspecified atom stereocenters. The first-order chi connectivity index (χ1) is 6.65. The number of nitrogens with zero attached hydrogens (tertiary/aromatic N) is 1. The van der Waals surface area contributed by atoms with Gasteiger partial charge in [0.15, 0.2) is 0 Å². The number of aryl methyl sites for hydroxylation is 1. The number of nitrogen functional groups attached to an aromatic ring is 1. The summed E-state index contributed by atoms with van der Waals surface area (Å²) in [7, 11) is 2.08. The molecule has 2 nitrogen and oxygen atoms in total. The minimum Gasteiger partial charge on any atom is -0.397 e. The van der Waals surface area contributed by atoms with Crippen molar-refractivity contribution in [2.75, 3.05) is 36.2 Å². The zero-order valence-electron chi connectivity index (χ0n) is 9.08. The Bertz CT molecular complexity index is 299. The lowest BCUT2D eigenvalue weighted by molar-refractivity contribution is 0.978. The number of anilines is 2. The molecule has 14 heavy (non-hydrogen) atoms. The number of benzene rings is 1. The first-order valence-electron chi connectivity index (χ1n) is 4.71. The van der Waals surface area contributed by atoms with Crippen LogP contribution in [-0.4, -0.2) is 25.6 Å². The van der Waals surface area contributed by atoms with Gasteiger partial charge < -0.3 is 10.6 Å². The van der Waals surface area contributed by atoms with Crippen LogP contribution in [0.5, 0.6) is 0 Å². The molecule has 0 aliphatic carbocycles. The Labute approximate surface area is 90.5 Å². The molecule has 1 aromatic carbocycles. The van der Waals surface area contributed by atoms with Crippen LogP contribution in [-0.2, 0) is 0 Å². The van der Waals surface area contributed by atoms with E-state index in [9.17, 15) is 0 Å². The van der Waals surface area contributed by atoms with E-state index in [4.69, 9.17) is 5.73 Å². The van der Waals surface area contributed by atoms with Gasteiger partial charge in [-0.1, -0.05) is 6.07 Å². The van der Waals surface area contributed by atoms with Crippen LogP contribution in [0.25, 0.3) is 0 Å². The second-order valence-electron chi connectivity index (χ2n) is 3.48. The Morgan fingerprint density at radius 3 is 2.79 bits per heavy atom. The third kappa shape index (κ3) is 2.84. The van der Waals surface area contributed by atoms with Gasteiger partial charge in [0.25, 0.3) is 0 Å². The van der Waals surface area contributed by atoms with E-state index >= 15 is 0 Å². The maximum Gasteiger partial charge on any atom is 0.0600 e. The van der Waals surface area contributed by atoms with Crippen molar-refractivity contribution in [2.24, 2.45) is 0 Å². The second-order valence-corrected chi connectivity index (χ2v) is 4.46. The van der Waals surface area contributed by atoms with Crippen molar-refractivity contribution < 1.29 is 0 Å². The average Bonchev–Trinajstić information content (AvgIpc) is 2.18. The zero-order chi connectivity index (χ0) is 10.6. The Hall–Kier alpha value is -0.830. The summed E-state index contributed by atoms with van der Waals surface area (Å²) in [4.78, 5) is 2.21. The minimum atomic E-state index is 0.860. The molecule has 0 aliphatic heterocycles. The first-order valence-corrected chi connectivity index (χ1v) is 6.10. The topological polar surface area (TPSA) is 29.3 Å². The van der Waals surface area contributed by atoms with E-state index < -0.39 is 0 Å². The van der Waals surface area contributed by atoms with Gasteiger partial charge in [0.05, 0.1) is 11.4 Å². The number of hydrogen-bond acceptors (Lipinski definition) is 3. The summed E-state index contributed by atoms with van der Waals surface area (Å²) in [5.74, 6) is 1.13. The van der Waals surface area contributed by atoms with Gasteiger partial charge >= 0.3 is 0 Å². The fourth-order valence-corrected chi connectivity index (χ4v) is 1.79. The van der Waals surface area contributed by atoms with Crippen molar-refractivity contribution in [3.63, 3.8) is 0 Å². The minimum absolute atomic E-state index is 0.860. The van der Waals surface area contributed by atoms with Crippen LogP contribution < -0.4 is 10.6 Å². The van der Waals surface area contributed by atoms with Crippen LogP contribution in [0.2, 0.25) is 0 Å². The van der Waals surface area contributed by atoms with E-state index in [0.29, 0.717) is 0 Å². The molecule has 0 saturated heterocycles. The number of rotatable bonds is 4. The van der Waals surface area contributed by atoms with E-state index in [2.05, 4.69) is 31.2 Å². The summed E-state index contributed by atoms with van der Waals surface area (Å²) in [5.41, 5.74) is 9.17. The molecule has 1 aromatic rings. The molecule has 0 saturated carbocycles. The van der Waals surface area contributed by atoms with Gasteiger partial charge in [-0.2, -0.15) is 11.8 Å². The molecular weight excluding hydrogens is 192 g/mol. The van der Waals surface area contributed by atoms with Gasteiger partial charge in [0, 0.05) is 19.3 Å². The Morgan fingerprint density at radius 1 is 1.43 bits per heavy atom. The maximum atomic E-state index is 5.91. The summed E-state index contributed by atoms with van der Waals surface area (Å²) in [6, 6.07) is 6.15. The molecule has 0 fully saturated rings. The van der Waals surface area contributed by atoms with Crippen molar-refractivity contribution >= 4 is 23.1 Å². The lowest BCUT2D eigenvalue weighted by Crippen LogP contribution is -2.21. The monoisotopic (exact) mass is 210 g/mol. The van der Waals surface area contributed by atoms with Crippen LogP contribution in [0, 0.1) is 6.92 Å². The molecule has 78 valence electrons. The van der Waals surface area contributed by atoms with E-state index in [0.717, 1.165) is 23.7 Å². The zero-order valence-corrected chi connectivity index (χ0v) is 9.90. The lowest BCUT2D eigenvalue weighted by Gasteiger charge is -2.21. The highest BCUT2D eigenvalue weighted by Crippen LogP contribution is 2.23. The molecule has 0 atom stereocenters. The summed E-state index contributed by atoms with van der Waals surface area (Å²) in [6.07, 6.45) is 2.12. The van der Waals surface area contributed by atoms with Gasteiger partial charge in [-0.15, -0.1) is 0 Å². The normalized spacial score (nSPS) is 10.2. The lowest BCUT2D eigenvalue weighted by atomic mass is 10.2. The fraction of sp³-hybridized carbons (Fsp3) is 0.455. The van der Waals surface area contributed by atoms with Crippen molar-refractivity contribution in [3.05, 3.63) is 23.8 Å². The predicted molar refractivity (Wildman–Crippen MR) is 67.2 cm³/mol. The summed E-state index contributed by atoms with van der Waals surface area (Å²) >= 11 is 1.85. The van der Waals surface area contributed by atoms with Gasteiger partial charge in [0.2, 0.25) is 0 Å². The van der Waals surface area contributed by atoms with Gasteiger partial charge in [-0.05, 0) is 30.9 Å². The highest BCUT2D eigenvalue weighted by atomic mass is 32.2. The molecule has 0 spiro atoms. The molecule has 0 radical (unpaired) electrons. The molecular formula is C11H18N2S. The summed E-state index contributed by atoms with van der Waals surface area (Å²) in [6.45, 7) is 3.13. The SMILES string of the molecule is CSCCN(C)c1cc(C)ccc1N. The van der Waals surface area contributed by atoms with Crippen molar-refractivity contribution in [1.29, 1.82) is 0 Å². The Morgan fingerprint density at radius 2 is 2.14 bits per heavy atom. The molecule has 0 aromatic heterocycles. The van der Waals surface area contributed by atoms with Gasteiger partial charge in [-0.25, -0.2) is 0 Å². The van der Waals surface area contributed by atoms with E-state index in [-0.39, 0.29) is 0 Å². The number of hydrogen-bond donors (Lipinski definition) is 1. The van der Waals surface area contributed by atoms with Crippen LogP contribution >= 0.6 is 11.8 Å². The Kier molecular flexibility index (Phi) is 4.14. The first kappa shape index (κ1) is 11.2. The van der Waals surface area contributed by atoms with Gasteiger partial charge in [0.1, 0.15) is 0 Å².